The summed E-state index contributed by atoms with van der Waals surface area (Å²) in [6.07, 6.45) is 0. The molecule has 5 nitrogen and oxygen atoms in total. The van der Waals surface area contributed by atoms with Crippen molar-refractivity contribution in [1.82, 2.24) is 4.72 Å². The molecule has 2 rings (SSSR count). The Kier molecular flexibility index (Phi) is 4.63. The molecule has 0 radical (unpaired) electrons. The van der Waals surface area contributed by atoms with Crippen molar-refractivity contribution in [2.45, 2.75) is 18.7 Å². The lowest BCUT2D eigenvalue weighted by molar-refractivity contribution is 0.102. The fraction of sp³-hybridized carbons (Fsp3) is 0.188. The van der Waals surface area contributed by atoms with Crippen LogP contribution in [0.4, 0.5) is 5.69 Å². The Balaban J connectivity index is 2.33. The van der Waals surface area contributed by atoms with Gasteiger partial charge in [0.15, 0.2) is 0 Å². The average Bonchev–Trinajstić information content (AvgIpc) is 2.49. The minimum atomic E-state index is -3.58. The maximum absolute atomic E-state index is 12.4. The average molecular weight is 318 g/mol. The van der Waals surface area contributed by atoms with E-state index in [1.54, 1.807) is 25.1 Å². The molecule has 0 aromatic heterocycles. The Bertz CT molecular complexity index is 797. The summed E-state index contributed by atoms with van der Waals surface area (Å²) in [5.74, 6) is -0.338. The van der Waals surface area contributed by atoms with Crippen LogP contribution in [0.5, 0.6) is 0 Å². The number of hydrogen-bond acceptors (Lipinski definition) is 3. The number of sulfonamides is 1. The predicted octanol–water partition coefficient (Wildman–Crippen LogP) is 2.46. The predicted molar refractivity (Wildman–Crippen MR) is 86.6 cm³/mol. The molecule has 0 fully saturated rings. The van der Waals surface area contributed by atoms with Crippen LogP contribution in [0, 0.1) is 13.8 Å². The molecule has 0 aliphatic heterocycles. The van der Waals surface area contributed by atoms with E-state index in [1.807, 2.05) is 19.1 Å². The van der Waals surface area contributed by atoms with Crippen LogP contribution in [0.15, 0.2) is 47.4 Å². The zero-order valence-corrected chi connectivity index (χ0v) is 13.5. The third kappa shape index (κ3) is 3.52. The number of carbonyl (C=O) groups is 1. The van der Waals surface area contributed by atoms with Crippen molar-refractivity contribution in [3.63, 3.8) is 0 Å². The van der Waals surface area contributed by atoms with Gasteiger partial charge in [-0.25, -0.2) is 13.1 Å². The Morgan fingerprint density at radius 1 is 1.00 bits per heavy atom. The summed E-state index contributed by atoms with van der Waals surface area (Å²) in [5.41, 5.74) is 2.80. The van der Waals surface area contributed by atoms with E-state index in [0.29, 0.717) is 16.8 Å². The molecule has 2 aromatic rings. The molecule has 22 heavy (non-hydrogen) atoms. The molecule has 0 aliphatic carbocycles. The molecule has 0 unspecified atom stereocenters. The number of amides is 1. The van der Waals surface area contributed by atoms with Crippen LogP contribution >= 0.6 is 0 Å². The molecule has 0 atom stereocenters. The van der Waals surface area contributed by atoms with Gasteiger partial charge >= 0.3 is 0 Å². The lowest BCUT2D eigenvalue weighted by Gasteiger charge is -2.10. The van der Waals surface area contributed by atoms with Crippen LogP contribution in [-0.4, -0.2) is 21.4 Å². The monoisotopic (exact) mass is 318 g/mol. The van der Waals surface area contributed by atoms with Crippen LogP contribution in [0.2, 0.25) is 0 Å². The summed E-state index contributed by atoms with van der Waals surface area (Å²) in [6, 6.07) is 11.9. The lowest BCUT2D eigenvalue weighted by atomic mass is 10.1. The van der Waals surface area contributed by atoms with Gasteiger partial charge in [-0.2, -0.15) is 0 Å². The number of anilines is 1. The molecular formula is C16H18N2O3S. The lowest BCUT2D eigenvalue weighted by Crippen LogP contribution is -2.20. The van der Waals surface area contributed by atoms with Gasteiger partial charge in [-0.05, 0) is 50.7 Å². The quantitative estimate of drug-likeness (QED) is 0.909. The fourth-order valence-corrected chi connectivity index (χ4v) is 2.72. The van der Waals surface area contributed by atoms with Crippen LogP contribution in [0.3, 0.4) is 0 Å². The SMILES string of the molecule is CNS(=O)(=O)c1ccc(C)c(C(=O)Nc2ccc(C)cc2)c1. The van der Waals surface area contributed by atoms with E-state index in [-0.39, 0.29) is 10.8 Å². The van der Waals surface area contributed by atoms with Gasteiger partial charge in [-0.1, -0.05) is 23.8 Å². The summed E-state index contributed by atoms with van der Waals surface area (Å²) in [5, 5.41) is 2.77. The first-order valence-corrected chi connectivity index (χ1v) is 8.24. The van der Waals surface area contributed by atoms with Crippen molar-refractivity contribution >= 4 is 21.6 Å². The first-order valence-electron chi connectivity index (χ1n) is 6.76. The maximum Gasteiger partial charge on any atom is 0.255 e. The summed E-state index contributed by atoms with van der Waals surface area (Å²) >= 11 is 0. The second kappa shape index (κ2) is 6.29. The molecule has 116 valence electrons. The second-order valence-corrected chi connectivity index (χ2v) is 6.89. The van der Waals surface area contributed by atoms with Gasteiger partial charge in [0.1, 0.15) is 0 Å². The molecule has 0 bridgehead atoms. The van der Waals surface area contributed by atoms with E-state index >= 15 is 0 Å². The van der Waals surface area contributed by atoms with Gasteiger partial charge in [0, 0.05) is 11.3 Å². The van der Waals surface area contributed by atoms with Crippen molar-refractivity contribution < 1.29 is 13.2 Å². The van der Waals surface area contributed by atoms with Crippen molar-refractivity contribution in [3.05, 3.63) is 59.2 Å². The van der Waals surface area contributed by atoms with Gasteiger partial charge in [0.05, 0.1) is 4.90 Å². The normalized spacial score (nSPS) is 11.2. The summed E-state index contributed by atoms with van der Waals surface area (Å²) in [6.45, 7) is 3.72. The van der Waals surface area contributed by atoms with Gasteiger partial charge in [-0.15, -0.1) is 0 Å². The molecule has 0 saturated heterocycles. The smallest absolute Gasteiger partial charge is 0.255 e. The maximum atomic E-state index is 12.4. The van der Waals surface area contributed by atoms with E-state index in [9.17, 15) is 13.2 Å². The Morgan fingerprint density at radius 3 is 2.23 bits per heavy atom. The molecule has 2 aromatic carbocycles. The number of rotatable bonds is 4. The van der Waals surface area contributed by atoms with E-state index in [2.05, 4.69) is 10.0 Å². The molecule has 0 saturated carbocycles. The first kappa shape index (κ1) is 16.2. The molecule has 0 heterocycles. The summed E-state index contributed by atoms with van der Waals surface area (Å²) < 4.78 is 25.9. The van der Waals surface area contributed by atoms with Crippen LogP contribution in [-0.2, 0) is 10.0 Å². The standard InChI is InChI=1S/C16H18N2O3S/c1-11-4-7-13(8-5-11)18-16(19)15-10-14(9-6-12(15)2)22(20,21)17-3/h4-10,17H,1-3H3,(H,18,19). The fourth-order valence-electron chi connectivity index (χ4n) is 1.97. The van der Waals surface area contributed by atoms with Crippen molar-refractivity contribution in [2.24, 2.45) is 0 Å². The zero-order valence-electron chi connectivity index (χ0n) is 12.7. The Hall–Kier alpha value is -2.18. The third-order valence-electron chi connectivity index (χ3n) is 3.34. The Morgan fingerprint density at radius 2 is 1.64 bits per heavy atom. The van der Waals surface area contributed by atoms with Gasteiger partial charge in [-0.3, -0.25) is 4.79 Å². The van der Waals surface area contributed by atoms with Gasteiger partial charge in [0.2, 0.25) is 10.0 Å². The van der Waals surface area contributed by atoms with Crippen molar-refractivity contribution in [3.8, 4) is 0 Å². The number of benzene rings is 2. The van der Waals surface area contributed by atoms with Crippen molar-refractivity contribution in [2.75, 3.05) is 12.4 Å². The Labute approximate surface area is 130 Å². The van der Waals surface area contributed by atoms with E-state index < -0.39 is 10.0 Å². The molecule has 0 spiro atoms. The highest BCUT2D eigenvalue weighted by molar-refractivity contribution is 7.89. The minimum Gasteiger partial charge on any atom is -0.322 e. The number of hydrogen-bond donors (Lipinski definition) is 2. The van der Waals surface area contributed by atoms with Crippen LogP contribution < -0.4 is 10.0 Å². The van der Waals surface area contributed by atoms with Crippen LogP contribution in [0.25, 0.3) is 0 Å². The van der Waals surface area contributed by atoms with E-state index in [4.69, 9.17) is 0 Å². The van der Waals surface area contributed by atoms with E-state index in [0.717, 1.165) is 5.56 Å². The highest BCUT2D eigenvalue weighted by atomic mass is 32.2. The highest BCUT2D eigenvalue weighted by Gasteiger charge is 2.16. The molecule has 6 heteroatoms. The highest BCUT2D eigenvalue weighted by Crippen LogP contribution is 2.17. The van der Waals surface area contributed by atoms with Gasteiger partial charge < -0.3 is 5.32 Å². The minimum absolute atomic E-state index is 0.0645. The van der Waals surface area contributed by atoms with E-state index in [1.165, 1.54) is 19.2 Å². The number of nitrogens with one attached hydrogen (secondary N) is 2. The molecule has 2 N–H and O–H groups in total. The summed E-state index contributed by atoms with van der Waals surface area (Å²) in [7, 11) is -2.24. The zero-order chi connectivity index (χ0) is 16.3. The third-order valence-corrected chi connectivity index (χ3v) is 4.75. The first-order chi connectivity index (χ1) is 10.3. The molecule has 0 aliphatic rings. The van der Waals surface area contributed by atoms with Crippen LogP contribution in [0.1, 0.15) is 21.5 Å². The number of aryl methyl sites for hydroxylation is 2. The largest absolute Gasteiger partial charge is 0.322 e. The summed E-state index contributed by atoms with van der Waals surface area (Å²) in [4.78, 5) is 12.4. The van der Waals surface area contributed by atoms with Gasteiger partial charge in [0.25, 0.3) is 5.91 Å². The number of carbonyl (C=O) groups excluding carboxylic acids is 1. The molecule has 1 amide bonds. The topological polar surface area (TPSA) is 75.3 Å². The van der Waals surface area contributed by atoms with Crippen molar-refractivity contribution in [1.29, 1.82) is 0 Å². The second-order valence-electron chi connectivity index (χ2n) is 5.00. The molecular weight excluding hydrogens is 300 g/mol.